The summed E-state index contributed by atoms with van der Waals surface area (Å²) in [6.07, 6.45) is 6.46. The Hall–Kier alpha value is -1.03. The lowest BCUT2D eigenvalue weighted by Gasteiger charge is -2.21. The summed E-state index contributed by atoms with van der Waals surface area (Å²) in [6, 6.07) is 0. The smallest absolute Gasteiger partial charge is 0.289 e. The van der Waals surface area contributed by atoms with Gasteiger partial charge in [-0.3, -0.25) is 9.78 Å². The zero-order valence-electron chi connectivity index (χ0n) is 7.16. The number of hydrogen-bond acceptors (Lipinski definition) is 2. The van der Waals surface area contributed by atoms with Crippen LogP contribution in [0.15, 0.2) is 12.5 Å². The molecule has 0 aromatic carbocycles. The molecule has 13 heavy (non-hydrogen) atoms. The lowest BCUT2D eigenvalue weighted by molar-refractivity contribution is -0.359. The minimum Gasteiger partial charge on any atom is -1.00 e. The van der Waals surface area contributed by atoms with E-state index >= 15 is 0 Å². The molecule has 0 aliphatic heterocycles. The van der Waals surface area contributed by atoms with E-state index in [-0.39, 0.29) is 24.2 Å². The molecular formula is C8H12ClN3O. The van der Waals surface area contributed by atoms with Crippen molar-refractivity contribution in [3.05, 3.63) is 12.5 Å². The van der Waals surface area contributed by atoms with Crippen LogP contribution in [0.1, 0.15) is 24.1 Å². The van der Waals surface area contributed by atoms with Crippen molar-refractivity contribution in [2.75, 3.05) is 5.73 Å². The minimum absolute atomic E-state index is 0. The summed E-state index contributed by atoms with van der Waals surface area (Å²) in [5.74, 6) is 0.919. The molecular weight excluding hydrogens is 190 g/mol. The zero-order valence-corrected chi connectivity index (χ0v) is 7.92. The highest BCUT2D eigenvalue weighted by atomic mass is 35.5. The third-order valence-electron chi connectivity index (χ3n) is 2.36. The SMILES string of the molecule is Nc1cn(C(=O)C2CCC2)c[nH+]1.[Cl-]. The molecule has 4 nitrogen and oxygen atoms in total. The summed E-state index contributed by atoms with van der Waals surface area (Å²) in [4.78, 5) is 14.3. The quantitative estimate of drug-likeness (QED) is 0.539. The molecule has 0 spiro atoms. The third-order valence-corrected chi connectivity index (χ3v) is 2.36. The summed E-state index contributed by atoms with van der Waals surface area (Å²) in [7, 11) is 0. The van der Waals surface area contributed by atoms with Gasteiger partial charge in [-0.2, -0.15) is 0 Å². The topological polar surface area (TPSA) is 62.2 Å². The van der Waals surface area contributed by atoms with Gasteiger partial charge in [0.15, 0.2) is 6.33 Å². The number of H-pyrrole nitrogens is 1. The van der Waals surface area contributed by atoms with E-state index in [1.807, 2.05) is 0 Å². The molecule has 1 aliphatic carbocycles. The van der Waals surface area contributed by atoms with Gasteiger partial charge < -0.3 is 18.1 Å². The van der Waals surface area contributed by atoms with E-state index in [1.165, 1.54) is 6.42 Å². The molecule has 1 heterocycles. The van der Waals surface area contributed by atoms with Crippen LogP contribution < -0.4 is 23.1 Å². The second-order valence-corrected chi connectivity index (χ2v) is 3.23. The number of hydrogen-bond donors (Lipinski definition) is 1. The van der Waals surface area contributed by atoms with Crippen LogP contribution in [0.5, 0.6) is 0 Å². The molecule has 2 rings (SSSR count). The van der Waals surface area contributed by atoms with Crippen molar-refractivity contribution < 1.29 is 22.2 Å². The highest BCUT2D eigenvalue weighted by Crippen LogP contribution is 2.27. The van der Waals surface area contributed by atoms with Gasteiger partial charge in [0.1, 0.15) is 6.20 Å². The number of anilines is 1. The monoisotopic (exact) mass is 201 g/mol. The number of aromatic nitrogens is 2. The first-order valence-electron chi connectivity index (χ1n) is 4.17. The molecule has 0 radical (unpaired) electrons. The summed E-state index contributed by atoms with van der Waals surface area (Å²) in [6.45, 7) is 0. The summed E-state index contributed by atoms with van der Waals surface area (Å²) >= 11 is 0. The maximum atomic E-state index is 11.5. The number of imidazole rings is 1. The van der Waals surface area contributed by atoms with Crippen LogP contribution >= 0.6 is 0 Å². The Balaban J connectivity index is 0.000000845. The second kappa shape index (κ2) is 3.79. The fraction of sp³-hybridized carbons (Fsp3) is 0.500. The van der Waals surface area contributed by atoms with Crippen LogP contribution in [0.2, 0.25) is 0 Å². The average Bonchev–Trinajstić information content (AvgIpc) is 2.31. The lowest BCUT2D eigenvalue weighted by Crippen LogP contribution is -3.00. The van der Waals surface area contributed by atoms with Gasteiger partial charge >= 0.3 is 0 Å². The maximum Gasteiger partial charge on any atom is 0.289 e. The number of carbonyl (C=O) groups excluding carboxylic acids is 1. The zero-order chi connectivity index (χ0) is 8.55. The number of carbonyl (C=O) groups is 1. The Kier molecular flexibility index (Phi) is 2.93. The van der Waals surface area contributed by atoms with Crippen molar-refractivity contribution in [1.29, 1.82) is 0 Å². The molecule has 1 aromatic heterocycles. The Morgan fingerprint density at radius 2 is 2.31 bits per heavy atom. The van der Waals surface area contributed by atoms with E-state index in [4.69, 9.17) is 5.73 Å². The van der Waals surface area contributed by atoms with Gasteiger partial charge in [0, 0.05) is 0 Å². The Morgan fingerprint density at radius 1 is 1.62 bits per heavy atom. The number of halogens is 1. The number of nitrogens with two attached hydrogens (primary N) is 1. The molecule has 5 heteroatoms. The Bertz CT molecular complexity index is 306. The van der Waals surface area contributed by atoms with Crippen LogP contribution in [0, 0.1) is 5.92 Å². The standard InChI is InChI=1S/C8H11N3O.ClH/c9-7-4-11(5-10-7)8(12)6-2-1-3-6;/h4-6H,1-3,9H2;1H. The molecule has 72 valence electrons. The van der Waals surface area contributed by atoms with Crippen molar-refractivity contribution in [3.63, 3.8) is 0 Å². The van der Waals surface area contributed by atoms with Crippen LogP contribution in [0.4, 0.5) is 5.82 Å². The van der Waals surface area contributed by atoms with Gasteiger partial charge in [-0.15, -0.1) is 0 Å². The van der Waals surface area contributed by atoms with Crippen molar-refractivity contribution in [3.8, 4) is 0 Å². The van der Waals surface area contributed by atoms with Crippen LogP contribution in [-0.4, -0.2) is 10.5 Å². The summed E-state index contributed by atoms with van der Waals surface area (Å²) in [5, 5.41) is 0. The molecule has 0 bridgehead atoms. The highest BCUT2D eigenvalue weighted by molar-refractivity contribution is 5.82. The predicted octanol–water partition coefficient (Wildman–Crippen LogP) is -2.67. The van der Waals surface area contributed by atoms with Crippen molar-refractivity contribution in [2.24, 2.45) is 5.92 Å². The Morgan fingerprint density at radius 3 is 2.69 bits per heavy atom. The van der Waals surface area contributed by atoms with Gasteiger partial charge in [0.25, 0.3) is 5.91 Å². The van der Waals surface area contributed by atoms with Gasteiger partial charge in [0.05, 0.1) is 5.92 Å². The fourth-order valence-electron chi connectivity index (χ4n) is 1.36. The van der Waals surface area contributed by atoms with Crippen molar-refractivity contribution in [2.45, 2.75) is 19.3 Å². The van der Waals surface area contributed by atoms with E-state index in [2.05, 4.69) is 4.98 Å². The predicted molar refractivity (Wildman–Crippen MR) is 43.4 cm³/mol. The van der Waals surface area contributed by atoms with Gasteiger partial charge in [-0.05, 0) is 12.8 Å². The number of nitrogen functional groups attached to an aromatic ring is 1. The molecule has 1 saturated carbocycles. The molecule has 0 amide bonds. The molecule has 1 aromatic rings. The van der Waals surface area contributed by atoms with Gasteiger partial charge in [-0.25, -0.2) is 4.57 Å². The third kappa shape index (κ3) is 1.83. The van der Waals surface area contributed by atoms with Crippen molar-refractivity contribution in [1.82, 2.24) is 4.57 Å². The first kappa shape index (κ1) is 10.1. The van der Waals surface area contributed by atoms with E-state index in [0.717, 1.165) is 12.8 Å². The van der Waals surface area contributed by atoms with Crippen molar-refractivity contribution >= 4 is 11.7 Å². The molecule has 1 aliphatic rings. The maximum absolute atomic E-state index is 11.5. The first-order valence-corrected chi connectivity index (χ1v) is 4.17. The van der Waals surface area contributed by atoms with Gasteiger partial charge in [0.2, 0.25) is 5.82 Å². The second-order valence-electron chi connectivity index (χ2n) is 3.23. The number of rotatable bonds is 1. The van der Waals surface area contributed by atoms with E-state index in [0.29, 0.717) is 5.82 Å². The average molecular weight is 202 g/mol. The van der Waals surface area contributed by atoms with Gasteiger partial charge in [-0.1, -0.05) is 6.42 Å². The van der Waals surface area contributed by atoms with E-state index in [9.17, 15) is 4.79 Å². The minimum atomic E-state index is 0. The number of nitrogens with zero attached hydrogens (tertiary/aromatic N) is 1. The van der Waals surface area contributed by atoms with Crippen LogP contribution in [0.25, 0.3) is 0 Å². The van der Waals surface area contributed by atoms with E-state index in [1.54, 1.807) is 17.1 Å². The molecule has 0 atom stereocenters. The normalized spacial score (nSPS) is 16.0. The van der Waals surface area contributed by atoms with Crippen LogP contribution in [0.3, 0.4) is 0 Å². The van der Waals surface area contributed by atoms with E-state index < -0.39 is 0 Å². The molecule has 0 unspecified atom stereocenters. The van der Waals surface area contributed by atoms with Crippen LogP contribution in [-0.2, 0) is 0 Å². The lowest BCUT2D eigenvalue weighted by atomic mass is 9.85. The fourth-order valence-corrected chi connectivity index (χ4v) is 1.36. The number of aromatic amines is 1. The number of nitrogens with one attached hydrogen (secondary N) is 1. The first-order chi connectivity index (χ1) is 5.77. The molecule has 1 fully saturated rings. The molecule has 0 saturated heterocycles. The highest BCUT2D eigenvalue weighted by Gasteiger charge is 2.28. The largest absolute Gasteiger partial charge is 1.00 e. The Labute approximate surface area is 82.5 Å². The summed E-state index contributed by atoms with van der Waals surface area (Å²) in [5.41, 5.74) is 5.45. The summed E-state index contributed by atoms with van der Waals surface area (Å²) < 4.78 is 1.54. The molecule has 3 N–H and O–H groups in total.